The molecule has 0 amide bonds. The monoisotopic (exact) mass is 281 g/mol. The number of anilines is 1. The lowest BCUT2D eigenvalue weighted by molar-refractivity contribution is 0.0601. The fourth-order valence-corrected chi connectivity index (χ4v) is 2.15. The number of nitrogens with zero attached hydrogens (tertiary/aromatic N) is 3. The zero-order chi connectivity index (χ0) is 14.0. The second kappa shape index (κ2) is 5.14. The SMILES string of the molecule is COC(=O)c1ccnc(Sc2n[nH]c(=O)n2C)c1N. The summed E-state index contributed by atoms with van der Waals surface area (Å²) in [5, 5.41) is 6.90. The molecule has 2 rings (SSSR count). The minimum Gasteiger partial charge on any atom is -0.465 e. The highest BCUT2D eigenvalue weighted by Gasteiger charge is 2.16. The van der Waals surface area contributed by atoms with Crippen molar-refractivity contribution in [2.24, 2.45) is 7.05 Å². The van der Waals surface area contributed by atoms with Gasteiger partial charge in [-0.3, -0.25) is 4.57 Å². The Labute approximate surface area is 112 Å². The normalized spacial score (nSPS) is 10.4. The van der Waals surface area contributed by atoms with E-state index in [1.165, 1.54) is 23.9 Å². The predicted octanol–water partition coefficient (Wildman–Crippen LogP) is 0.0234. The van der Waals surface area contributed by atoms with Gasteiger partial charge in [0.05, 0.1) is 18.4 Å². The maximum atomic E-state index is 11.5. The summed E-state index contributed by atoms with van der Waals surface area (Å²) in [7, 11) is 2.83. The number of rotatable bonds is 3. The first-order valence-corrected chi connectivity index (χ1v) is 5.98. The molecule has 0 unspecified atom stereocenters. The minimum atomic E-state index is -0.544. The van der Waals surface area contributed by atoms with Gasteiger partial charge in [0.1, 0.15) is 5.03 Å². The first-order valence-electron chi connectivity index (χ1n) is 5.16. The van der Waals surface area contributed by atoms with Crippen LogP contribution in [0.3, 0.4) is 0 Å². The van der Waals surface area contributed by atoms with Crippen molar-refractivity contribution in [1.82, 2.24) is 19.7 Å². The van der Waals surface area contributed by atoms with Crippen molar-refractivity contribution in [2.45, 2.75) is 10.2 Å². The van der Waals surface area contributed by atoms with Crippen molar-refractivity contribution < 1.29 is 9.53 Å². The smallest absolute Gasteiger partial charge is 0.343 e. The van der Waals surface area contributed by atoms with Gasteiger partial charge in [0.15, 0.2) is 5.16 Å². The molecule has 8 nitrogen and oxygen atoms in total. The standard InChI is InChI=1S/C10H11N5O3S/c1-15-9(17)13-14-10(15)19-7-6(11)5(3-4-12-7)8(16)18-2/h3-4H,11H2,1-2H3,(H,13,17). The molecule has 3 N–H and O–H groups in total. The number of ether oxygens (including phenoxy) is 1. The van der Waals surface area contributed by atoms with E-state index in [4.69, 9.17) is 5.73 Å². The Bertz CT molecular complexity index is 678. The quantitative estimate of drug-likeness (QED) is 0.762. The van der Waals surface area contributed by atoms with E-state index in [9.17, 15) is 9.59 Å². The van der Waals surface area contributed by atoms with Gasteiger partial charge in [-0.2, -0.15) is 0 Å². The number of carbonyl (C=O) groups is 1. The summed E-state index contributed by atoms with van der Waals surface area (Å²) >= 11 is 1.08. The van der Waals surface area contributed by atoms with E-state index in [-0.39, 0.29) is 16.9 Å². The number of H-pyrrole nitrogens is 1. The number of nitrogen functional groups attached to an aromatic ring is 1. The Hall–Kier alpha value is -2.29. The van der Waals surface area contributed by atoms with Crippen LogP contribution in [0.1, 0.15) is 10.4 Å². The predicted molar refractivity (Wildman–Crippen MR) is 67.9 cm³/mol. The van der Waals surface area contributed by atoms with E-state index in [0.717, 1.165) is 11.8 Å². The molecule has 2 heterocycles. The fraction of sp³-hybridized carbons (Fsp3) is 0.200. The van der Waals surface area contributed by atoms with Crippen molar-refractivity contribution >= 4 is 23.4 Å². The van der Waals surface area contributed by atoms with Crippen LogP contribution in [0, 0.1) is 0 Å². The van der Waals surface area contributed by atoms with Gasteiger partial charge >= 0.3 is 11.7 Å². The number of hydrogen-bond acceptors (Lipinski definition) is 7. The average Bonchev–Trinajstić information content (AvgIpc) is 2.72. The molecule has 0 aromatic carbocycles. The molecule has 100 valence electrons. The van der Waals surface area contributed by atoms with Crippen LogP contribution >= 0.6 is 11.8 Å². The summed E-state index contributed by atoms with van der Waals surface area (Å²) in [5.41, 5.74) is 5.92. The molecule has 0 radical (unpaired) electrons. The summed E-state index contributed by atoms with van der Waals surface area (Å²) in [5.74, 6) is -0.544. The molecule has 0 atom stereocenters. The van der Waals surface area contributed by atoms with Crippen LogP contribution < -0.4 is 11.4 Å². The van der Waals surface area contributed by atoms with Crippen molar-refractivity contribution in [3.05, 3.63) is 28.3 Å². The lowest BCUT2D eigenvalue weighted by atomic mass is 10.2. The second-order valence-corrected chi connectivity index (χ2v) is 4.50. The van der Waals surface area contributed by atoms with E-state index < -0.39 is 5.97 Å². The van der Waals surface area contributed by atoms with Crippen LogP contribution in [-0.4, -0.2) is 32.8 Å². The molecule has 2 aromatic rings. The molecule has 0 fully saturated rings. The number of esters is 1. The number of methoxy groups -OCH3 is 1. The third-order valence-electron chi connectivity index (χ3n) is 2.39. The maximum absolute atomic E-state index is 11.5. The van der Waals surface area contributed by atoms with Gasteiger partial charge in [-0.25, -0.2) is 19.7 Å². The molecule has 2 aromatic heterocycles. The van der Waals surface area contributed by atoms with Crippen LogP contribution in [0.15, 0.2) is 27.2 Å². The van der Waals surface area contributed by atoms with Gasteiger partial charge in [0, 0.05) is 13.2 Å². The Morgan fingerprint density at radius 3 is 2.89 bits per heavy atom. The molecule has 19 heavy (non-hydrogen) atoms. The Morgan fingerprint density at radius 2 is 2.32 bits per heavy atom. The van der Waals surface area contributed by atoms with Crippen molar-refractivity contribution in [3.8, 4) is 0 Å². The Balaban J connectivity index is 2.39. The summed E-state index contributed by atoms with van der Waals surface area (Å²) < 4.78 is 5.93. The van der Waals surface area contributed by atoms with Crippen LogP contribution in [-0.2, 0) is 11.8 Å². The zero-order valence-corrected chi connectivity index (χ0v) is 11.0. The van der Waals surface area contributed by atoms with Crippen molar-refractivity contribution in [3.63, 3.8) is 0 Å². The molecule has 0 bridgehead atoms. The van der Waals surface area contributed by atoms with Gasteiger partial charge in [0.25, 0.3) is 0 Å². The average molecular weight is 281 g/mol. The van der Waals surface area contributed by atoms with Crippen molar-refractivity contribution in [1.29, 1.82) is 0 Å². The lowest BCUT2D eigenvalue weighted by Gasteiger charge is -2.07. The summed E-state index contributed by atoms with van der Waals surface area (Å²) in [6.45, 7) is 0. The molecular formula is C10H11N5O3S. The number of carbonyl (C=O) groups excluding carboxylic acids is 1. The summed E-state index contributed by atoms with van der Waals surface area (Å²) in [6.07, 6.45) is 1.44. The van der Waals surface area contributed by atoms with Crippen LogP contribution in [0.2, 0.25) is 0 Å². The summed E-state index contributed by atoms with van der Waals surface area (Å²) in [4.78, 5) is 26.8. The third-order valence-corrected chi connectivity index (χ3v) is 3.45. The van der Waals surface area contributed by atoms with E-state index in [1.807, 2.05) is 0 Å². The number of nitrogens with one attached hydrogen (secondary N) is 1. The van der Waals surface area contributed by atoms with E-state index in [1.54, 1.807) is 7.05 Å². The minimum absolute atomic E-state index is 0.190. The molecule has 0 saturated heterocycles. The number of aromatic nitrogens is 4. The lowest BCUT2D eigenvalue weighted by Crippen LogP contribution is -2.13. The fourth-order valence-electron chi connectivity index (χ4n) is 1.33. The van der Waals surface area contributed by atoms with Crippen LogP contribution in [0.5, 0.6) is 0 Å². The zero-order valence-electron chi connectivity index (χ0n) is 10.2. The maximum Gasteiger partial charge on any atom is 0.343 e. The van der Waals surface area contributed by atoms with Crippen LogP contribution in [0.25, 0.3) is 0 Å². The summed E-state index contributed by atoms with van der Waals surface area (Å²) in [6, 6.07) is 1.47. The number of pyridine rings is 1. The molecule has 0 aliphatic heterocycles. The second-order valence-electron chi connectivity index (χ2n) is 3.54. The first kappa shape index (κ1) is 13.1. The highest BCUT2D eigenvalue weighted by Crippen LogP contribution is 2.29. The highest BCUT2D eigenvalue weighted by atomic mass is 32.2. The van der Waals surface area contributed by atoms with E-state index in [0.29, 0.717) is 10.2 Å². The first-order chi connectivity index (χ1) is 9.04. The number of nitrogens with two attached hydrogens (primary N) is 1. The molecule has 0 saturated carbocycles. The Kier molecular flexibility index (Phi) is 3.56. The number of hydrogen-bond donors (Lipinski definition) is 2. The molecule has 0 aliphatic rings. The van der Waals surface area contributed by atoms with E-state index >= 15 is 0 Å². The molecule has 9 heteroatoms. The van der Waals surface area contributed by atoms with Crippen molar-refractivity contribution in [2.75, 3.05) is 12.8 Å². The van der Waals surface area contributed by atoms with E-state index in [2.05, 4.69) is 19.9 Å². The molecule has 0 spiro atoms. The molecule has 0 aliphatic carbocycles. The third kappa shape index (κ3) is 2.45. The Morgan fingerprint density at radius 1 is 1.58 bits per heavy atom. The van der Waals surface area contributed by atoms with Gasteiger partial charge in [-0.15, -0.1) is 5.10 Å². The van der Waals surface area contributed by atoms with Gasteiger partial charge in [-0.1, -0.05) is 0 Å². The van der Waals surface area contributed by atoms with Gasteiger partial charge in [0.2, 0.25) is 0 Å². The molecular weight excluding hydrogens is 270 g/mol. The van der Waals surface area contributed by atoms with Gasteiger partial charge in [-0.05, 0) is 17.8 Å². The largest absolute Gasteiger partial charge is 0.465 e. The van der Waals surface area contributed by atoms with Crippen LogP contribution in [0.4, 0.5) is 5.69 Å². The number of aromatic amines is 1. The highest BCUT2D eigenvalue weighted by molar-refractivity contribution is 7.99. The topological polar surface area (TPSA) is 116 Å². The van der Waals surface area contributed by atoms with Gasteiger partial charge < -0.3 is 10.5 Å².